The van der Waals surface area contributed by atoms with Gasteiger partial charge in [0, 0.05) is 22.5 Å². The number of aliphatic hydroxyl groups is 1. The largest absolute Gasteiger partial charge is 0.451 e. The van der Waals surface area contributed by atoms with Crippen LogP contribution in [-0.2, 0) is 0 Å². The molecule has 1 aromatic carbocycles. The topological polar surface area (TPSA) is 62.5 Å². The number of benzene rings is 1. The molecule has 0 saturated carbocycles. The van der Waals surface area contributed by atoms with Crippen LogP contribution in [0.25, 0.3) is 11.0 Å². The van der Waals surface area contributed by atoms with Crippen molar-refractivity contribution in [2.75, 3.05) is 6.54 Å². The molecule has 3 aromatic rings. The third-order valence-corrected chi connectivity index (χ3v) is 4.42. The summed E-state index contributed by atoms with van der Waals surface area (Å²) in [5.41, 5.74) is 2.14. The molecule has 4 nitrogen and oxygen atoms in total. The van der Waals surface area contributed by atoms with Gasteiger partial charge in [0.15, 0.2) is 5.76 Å². The number of nitrogens with one attached hydrogen (secondary N) is 1. The highest BCUT2D eigenvalue weighted by Gasteiger charge is 2.19. The molecule has 6 heteroatoms. The molecule has 0 aliphatic carbocycles. The number of amides is 1. The molecule has 0 aliphatic heterocycles. The number of fused-ring (bicyclic) bond motifs is 1. The van der Waals surface area contributed by atoms with E-state index in [0.29, 0.717) is 10.6 Å². The smallest absolute Gasteiger partial charge is 0.287 e. The number of hydrogen-bond acceptors (Lipinski definition) is 4. The molecule has 114 valence electrons. The lowest BCUT2D eigenvalue weighted by atomic mass is 10.1. The zero-order valence-corrected chi connectivity index (χ0v) is 13.4. The van der Waals surface area contributed by atoms with Crippen molar-refractivity contribution in [3.8, 4) is 0 Å². The molecule has 3 rings (SSSR count). The molecule has 1 unspecified atom stereocenters. The summed E-state index contributed by atoms with van der Waals surface area (Å²) in [6.45, 7) is 1.94. The van der Waals surface area contributed by atoms with Crippen LogP contribution in [0.1, 0.15) is 27.8 Å². The van der Waals surface area contributed by atoms with E-state index in [2.05, 4.69) is 5.32 Å². The van der Waals surface area contributed by atoms with Crippen LogP contribution in [0.15, 0.2) is 39.4 Å². The maximum absolute atomic E-state index is 12.2. The second-order valence-corrected chi connectivity index (χ2v) is 6.20. The minimum atomic E-state index is -0.727. The van der Waals surface area contributed by atoms with Gasteiger partial charge in [0.1, 0.15) is 5.58 Å². The lowest BCUT2D eigenvalue weighted by Crippen LogP contribution is -2.28. The number of carbonyl (C=O) groups is 1. The van der Waals surface area contributed by atoms with E-state index in [9.17, 15) is 9.90 Å². The predicted octanol–water partition coefficient (Wildman–Crippen LogP) is 3.92. The Morgan fingerprint density at radius 3 is 3.00 bits per heavy atom. The van der Waals surface area contributed by atoms with Crippen LogP contribution in [0, 0.1) is 6.92 Å². The average Bonchev–Trinajstić information content (AvgIpc) is 3.14. The van der Waals surface area contributed by atoms with Crippen molar-refractivity contribution in [3.05, 3.63) is 56.9 Å². The second-order valence-electron chi connectivity index (χ2n) is 4.98. The third-order valence-electron chi connectivity index (χ3n) is 3.49. The summed E-state index contributed by atoms with van der Waals surface area (Å²) < 4.78 is 5.59. The summed E-state index contributed by atoms with van der Waals surface area (Å²) >= 11 is 7.47. The Balaban J connectivity index is 1.76. The normalized spacial score (nSPS) is 12.5. The first-order valence-corrected chi connectivity index (χ1v) is 8.05. The zero-order valence-electron chi connectivity index (χ0n) is 11.8. The number of hydrogen-bond donors (Lipinski definition) is 2. The zero-order chi connectivity index (χ0) is 15.7. The van der Waals surface area contributed by atoms with Gasteiger partial charge in [0.25, 0.3) is 5.91 Å². The maximum Gasteiger partial charge on any atom is 0.287 e. The van der Waals surface area contributed by atoms with Crippen LogP contribution >= 0.6 is 22.9 Å². The molecule has 0 fully saturated rings. The molecule has 0 spiro atoms. The van der Waals surface area contributed by atoms with Gasteiger partial charge in [-0.3, -0.25) is 4.79 Å². The fraction of sp³-hybridized carbons (Fsp3) is 0.188. The monoisotopic (exact) mass is 335 g/mol. The van der Waals surface area contributed by atoms with Crippen molar-refractivity contribution < 1.29 is 14.3 Å². The molecule has 0 radical (unpaired) electrons. The van der Waals surface area contributed by atoms with Gasteiger partial charge in [-0.1, -0.05) is 11.6 Å². The highest BCUT2D eigenvalue weighted by molar-refractivity contribution is 7.07. The number of rotatable bonds is 4. The Kier molecular flexibility index (Phi) is 4.20. The highest BCUT2D eigenvalue weighted by Crippen LogP contribution is 2.28. The fourth-order valence-corrected chi connectivity index (χ4v) is 3.14. The lowest BCUT2D eigenvalue weighted by molar-refractivity contribution is 0.0890. The Bertz CT molecular complexity index is 810. The lowest BCUT2D eigenvalue weighted by Gasteiger charge is -2.09. The summed E-state index contributed by atoms with van der Waals surface area (Å²) in [4.78, 5) is 12.2. The molecule has 2 N–H and O–H groups in total. The van der Waals surface area contributed by atoms with Crippen LogP contribution in [0.2, 0.25) is 5.02 Å². The van der Waals surface area contributed by atoms with Gasteiger partial charge < -0.3 is 14.8 Å². The Labute approximate surface area is 136 Å². The summed E-state index contributed by atoms with van der Waals surface area (Å²) in [6.07, 6.45) is -0.727. The van der Waals surface area contributed by atoms with Crippen LogP contribution in [0.3, 0.4) is 0 Å². The first-order chi connectivity index (χ1) is 10.6. The fourth-order valence-electron chi connectivity index (χ4n) is 2.26. The molecule has 0 bridgehead atoms. The van der Waals surface area contributed by atoms with Gasteiger partial charge in [-0.25, -0.2) is 0 Å². The van der Waals surface area contributed by atoms with Crippen molar-refractivity contribution in [2.24, 2.45) is 0 Å². The molecule has 0 saturated heterocycles. The second kappa shape index (κ2) is 6.12. The van der Waals surface area contributed by atoms with Gasteiger partial charge in [0.05, 0.1) is 6.10 Å². The van der Waals surface area contributed by atoms with Gasteiger partial charge in [-0.15, -0.1) is 0 Å². The number of thiophene rings is 1. The first kappa shape index (κ1) is 15.1. The minimum absolute atomic E-state index is 0.132. The average molecular weight is 336 g/mol. The predicted molar refractivity (Wildman–Crippen MR) is 87.6 cm³/mol. The summed E-state index contributed by atoms with van der Waals surface area (Å²) in [7, 11) is 0. The van der Waals surface area contributed by atoms with Crippen LogP contribution in [0.5, 0.6) is 0 Å². The Morgan fingerprint density at radius 2 is 2.27 bits per heavy atom. The number of carbonyl (C=O) groups excluding carboxylic acids is 1. The minimum Gasteiger partial charge on any atom is -0.451 e. The number of aryl methyl sites for hydroxylation is 1. The molecule has 1 atom stereocenters. The Hall–Kier alpha value is -1.82. The van der Waals surface area contributed by atoms with E-state index < -0.39 is 6.10 Å². The van der Waals surface area contributed by atoms with E-state index in [4.69, 9.17) is 16.0 Å². The van der Waals surface area contributed by atoms with Gasteiger partial charge >= 0.3 is 0 Å². The molecule has 2 heterocycles. The molecular weight excluding hydrogens is 322 g/mol. The van der Waals surface area contributed by atoms with Gasteiger partial charge in [-0.2, -0.15) is 11.3 Å². The van der Waals surface area contributed by atoms with E-state index in [1.54, 1.807) is 18.2 Å². The molecule has 2 aromatic heterocycles. The molecule has 22 heavy (non-hydrogen) atoms. The number of halogens is 1. The van der Waals surface area contributed by atoms with E-state index in [1.807, 2.05) is 23.8 Å². The molecular formula is C16H14ClNO3S. The number of furan rings is 1. The van der Waals surface area contributed by atoms with Crippen molar-refractivity contribution in [2.45, 2.75) is 13.0 Å². The van der Waals surface area contributed by atoms with Crippen LogP contribution in [-0.4, -0.2) is 17.6 Å². The van der Waals surface area contributed by atoms with E-state index >= 15 is 0 Å². The van der Waals surface area contributed by atoms with E-state index in [0.717, 1.165) is 16.5 Å². The standard InChI is InChI=1S/C16H14ClNO3S/c1-9-12-6-11(17)2-3-14(12)21-15(9)16(20)18-7-13(19)10-4-5-22-8-10/h2-6,8,13,19H,7H2,1H3,(H,18,20). The third kappa shape index (κ3) is 2.88. The first-order valence-electron chi connectivity index (χ1n) is 6.73. The summed E-state index contributed by atoms with van der Waals surface area (Å²) in [5.74, 6) is -0.103. The maximum atomic E-state index is 12.2. The van der Waals surface area contributed by atoms with E-state index in [1.165, 1.54) is 11.3 Å². The van der Waals surface area contributed by atoms with Crippen LogP contribution in [0.4, 0.5) is 0 Å². The van der Waals surface area contributed by atoms with Crippen molar-refractivity contribution in [1.82, 2.24) is 5.32 Å². The van der Waals surface area contributed by atoms with Crippen molar-refractivity contribution in [1.29, 1.82) is 0 Å². The quantitative estimate of drug-likeness (QED) is 0.759. The summed E-state index contributed by atoms with van der Waals surface area (Å²) in [5, 5.41) is 17.8. The van der Waals surface area contributed by atoms with Crippen molar-refractivity contribution >= 4 is 39.8 Å². The molecule has 1 amide bonds. The summed E-state index contributed by atoms with van der Waals surface area (Å²) in [6, 6.07) is 7.05. The van der Waals surface area contributed by atoms with Crippen molar-refractivity contribution in [3.63, 3.8) is 0 Å². The van der Waals surface area contributed by atoms with Gasteiger partial charge in [0.2, 0.25) is 0 Å². The highest BCUT2D eigenvalue weighted by atomic mass is 35.5. The van der Waals surface area contributed by atoms with Crippen LogP contribution < -0.4 is 5.32 Å². The van der Waals surface area contributed by atoms with E-state index in [-0.39, 0.29) is 18.2 Å². The SMILES string of the molecule is Cc1c(C(=O)NCC(O)c2ccsc2)oc2ccc(Cl)cc12. The van der Waals surface area contributed by atoms with Gasteiger partial charge in [-0.05, 0) is 47.5 Å². The Morgan fingerprint density at radius 1 is 1.45 bits per heavy atom. The molecule has 0 aliphatic rings. The number of aliphatic hydroxyl groups excluding tert-OH is 1.